The monoisotopic (exact) mass is 334 g/mol. The van der Waals surface area contributed by atoms with E-state index in [1.165, 1.54) is 24.3 Å². The summed E-state index contributed by atoms with van der Waals surface area (Å²) >= 11 is 0. The van der Waals surface area contributed by atoms with Gasteiger partial charge in [-0.1, -0.05) is 25.5 Å². The van der Waals surface area contributed by atoms with Gasteiger partial charge in [-0.3, -0.25) is 4.79 Å². The van der Waals surface area contributed by atoms with Crippen LogP contribution in [0.25, 0.3) is 0 Å². The fourth-order valence-corrected chi connectivity index (χ4v) is 1.99. The number of carbonyl (C=O) groups is 1. The number of amides is 1. The molecule has 5 nitrogen and oxygen atoms in total. The van der Waals surface area contributed by atoms with E-state index in [1.807, 2.05) is 6.92 Å². The number of carbonyl (C=O) groups excluding carboxylic acids is 1. The van der Waals surface area contributed by atoms with E-state index >= 15 is 0 Å². The van der Waals surface area contributed by atoms with Gasteiger partial charge in [0, 0.05) is 5.69 Å². The van der Waals surface area contributed by atoms with Crippen LogP contribution in [0.4, 0.5) is 18.9 Å². The van der Waals surface area contributed by atoms with Gasteiger partial charge in [-0.2, -0.15) is 13.2 Å². The van der Waals surface area contributed by atoms with E-state index < -0.39 is 30.8 Å². The van der Waals surface area contributed by atoms with Gasteiger partial charge in [-0.15, -0.1) is 0 Å². The van der Waals surface area contributed by atoms with Crippen LogP contribution in [0.15, 0.2) is 24.3 Å². The molecule has 1 aromatic carbocycles. The number of rotatable bonds is 8. The number of benzene rings is 1. The number of aliphatic hydroxyl groups is 2. The minimum atomic E-state index is -4.95. The molecule has 0 aliphatic carbocycles. The van der Waals surface area contributed by atoms with Gasteiger partial charge in [0.25, 0.3) is 0 Å². The molecule has 0 fully saturated rings. The summed E-state index contributed by atoms with van der Waals surface area (Å²) in [6, 6.07) is 5.08. The Hall–Kier alpha value is -1.64. The Morgan fingerprint density at radius 1 is 1.26 bits per heavy atom. The lowest BCUT2D eigenvalue weighted by Gasteiger charge is -2.23. The van der Waals surface area contributed by atoms with Gasteiger partial charge < -0.3 is 20.8 Å². The van der Waals surface area contributed by atoms with Crippen molar-refractivity contribution in [2.75, 3.05) is 18.5 Å². The summed E-state index contributed by atoms with van der Waals surface area (Å²) in [5.74, 6) is -2.04. The zero-order valence-corrected chi connectivity index (χ0v) is 12.7. The van der Waals surface area contributed by atoms with E-state index in [2.05, 4.69) is 5.32 Å². The standard InChI is InChI=1S/C15H21F3N2O3/c1-2-3-8-19-13(12(22)9-21)10-4-6-11(7-5-10)20-14(23)15(16,17)18/h4-7,12-13,19,21-22H,2-3,8-9H2,1H3,(H,20,23). The lowest BCUT2D eigenvalue weighted by Crippen LogP contribution is -2.35. The normalized spacial score (nSPS) is 14.3. The zero-order chi connectivity index (χ0) is 17.5. The van der Waals surface area contributed by atoms with Crippen LogP contribution in [-0.4, -0.2) is 41.6 Å². The topological polar surface area (TPSA) is 81.6 Å². The summed E-state index contributed by atoms with van der Waals surface area (Å²) in [5.41, 5.74) is 0.606. The molecule has 1 rings (SSSR count). The maximum absolute atomic E-state index is 12.2. The number of anilines is 1. The predicted molar refractivity (Wildman–Crippen MR) is 79.9 cm³/mol. The summed E-state index contributed by atoms with van der Waals surface area (Å²) in [6.07, 6.45) is -4.15. The maximum atomic E-state index is 12.2. The van der Waals surface area contributed by atoms with Crippen LogP contribution in [0.5, 0.6) is 0 Å². The molecule has 1 amide bonds. The van der Waals surface area contributed by atoms with Crippen molar-refractivity contribution in [2.45, 2.75) is 38.1 Å². The second kappa shape index (κ2) is 8.85. The van der Waals surface area contributed by atoms with Crippen molar-refractivity contribution in [1.29, 1.82) is 0 Å². The predicted octanol–water partition coefficient (Wildman–Crippen LogP) is 1.97. The third kappa shape index (κ3) is 6.17. The second-order valence-corrected chi connectivity index (χ2v) is 5.11. The highest BCUT2D eigenvalue weighted by atomic mass is 19.4. The van der Waals surface area contributed by atoms with Crippen molar-refractivity contribution in [3.8, 4) is 0 Å². The van der Waals surface area contributed by atoms with Gasteiger partial charge in [0.1, 0.15) is 0 Å². The van der Waals surface area contributed by atoms with Crippen LogP contribution < -0.4 is 10.6 Å². The van der Waals surface area contributed by atoms with Gasteiger partial charge in [0.15, 0.2) is 0 Å². The number of alkyl halides is 3. The Morgan fingerprint density at radius 2 is 1.87 bits per heavy atom. The Morgan fingerprint density at radius 3 is 2.35 bits per heavy atom. The Labute approximate surface area is 132 Å². The average molecular weight is 334 g/mol. The van der Waals surface area contributed by atoms with Crippen LogP contribution in [0.3, 0.4) is 0 Å². The molecule has 0 aliphatic rings. The highest BCUT2D eigenvalue weighted by Gasteiger charge is 2.38. The number of halogens is 3. The molecule has 2 unspecified atom stereocenters. The first kappa shape index (κ1) is 19.4. The molecule has 0 aliphatic heterocycles. The van der Waals surface area contributed by atoms with E-state index in [4.69, 9.17) is 5.11 Å². The van der Waals surface area contributed by atoms with Gasteiger partial charge in [0.05, 0.1) is 18.8 Å². The Balaban J connectivity index is 2.79. The van der Waals surface area contributed by atoms with Gasteiger partial charge in [0.2, 0.25) is 0 Å². The minimum absolute atomic E-state index is 0.00173. The fourth-order valence-electron chi connectivity index (χ4n) is 1.99. The largest absolute Gasteiger partial charge is 0.471 e. The molecule has 8 heteroatoms. The van der Waals surface area contributed by atoms with Crippen molar-refractivity contribution < 1.29 is 28.2 Å². The summed E-state index contributed by atoms with van der Waals surface area (Å²) in [7, 11) is 0. The second-order valence-electron chi connectivity index (χ2n) is 5.11. The Kier molecular flexibility index (Phi) is 7.47. The van der Waals surface area contributed by atoms with E-state index in [9.17, 15) is 23.1 Å². The molecule has 2 atom stereocenters. The zero-order valence-electron chi connectivity index (χ0n) is 12.7. The number of hydrogen-bond donors (Lipinski definition) is 4. The smallest absolute Gasteiger partial charge is 0.394 e. The maximum Gasteiger partial charge on any atom is 0.471 e. The van der Waals surface area contributed by atoms with Crippen LogP contribution >= 0.6 is 0 Å². The summed E-state index contributed by atoms with van der Waals surface area (Å²) in [4.78, 5) is 10.9. The van der Waals surface area contributed by atoms with Crippen LogP contribution in [0.1, 0.15) is 31.4 Å². The highest BCUT2D eigenvalue weighted by Crippen LogP contribution is 2.22. The van der Waals surface area contributed by atoms with Crippen molar-refractivity contribution in [3.63, 3.8) is 0 Å². The first-order valence-corrected chi connectivity index (χ1v) is 7.30. The average Bonchev–Trinajstić information content (AvgIpc) is 2.51. The molecule has 0 heterocycles. The van der Waals surface area contributed by atoms with Crippen LogP contribution in [0, 0.1) is 0 Å². The molecular formula is C15H21F3N2O3. The molecule has 0 saturated heterocycles. The third-order valence-corrected chi connectivity index (χ3v) is 3.25. The highest BCUT2D eigenvalue weighted by molar-refractivity contribution is 5.94. The lowest BCUT2D eigenvalue weighted by molar-refractivity contribution is -0.167. The molecule has 23 heavy (non-hydrogen) atoms. The molecule has 130 valence electrons. The first-order valence-electron chi connectivity index (χ1n) is 7.30. The molecule has 4 N–H and O–H groups in total. The Bertz CT molecular complexity index is 492. The number of hydrogen-bond acceptors (Lipinski definition) is 4. The van der Waals surface area contributed by atoms with E-state index in [1.54, 1.807) is 5.32 Å². The van der Waals surface area contributed by atoms with Crippen LogP contribution in [0.2, 0.25) is 0 Å². The SMILES string of the molecule is CCCCNC(c1ccc(NC(=O)C(F)(F)F)cc1)C(O)CO. The molecule has 0 radical (unpaired) electrons. The molecule has 1 aromatic rings. The number of nitrogens with one attached hydrogen (secondary N) is 2. The van der Waals surface area contributed by atoms with Crippen molar-refractivity contribution in [3.05, 3.63) is 29.8 Å². The number of aliphatic hydroxyl groups excluding tert-OH is 2. The van der Waals surface area contributed by atoms with Gasteiger partial charge in [-0.25, -0.2) is 0 Å². The van der Waals surface area contributed by atoms with Gasteiger partial charge >= 0.3 is 12.1 Å². The summed E-state index contributed by atoms with van der Waals surface area (Å²) in [6.45, 7) is 2.19. The first-order chi connectivity index (χ1) is 10.8. The molecule has 0 aromatic heterocycles. The fraction of sp³-hybridized carbons (Fsp3) is 0.533. The third-order valence-electron chi connectivity index (χ3n) is 3.25. The van der Waals surface area contributed by atoms with E-state index in [0.717, 1.165) is 12.8 Å². The molecule has 0 spiro atoms. The van der Waals surface area contributed by atoms with E-state index in [0.29, 0.717) is 12.1 Å². The van der Waals surface area contributed by atoms with Crippen molar-refractivity contribution in [1.82, 2.24) is 5.32 Å². The van der Waals surface area contributed by atoms with Crippen LogP contribution in [-0.2, 0) is 4.79 Å². The van der Waals surface area contributed by atoms with E-state index in [-0.39, 0.29) is 5.69 Å². The van der Waals surface area contributed by atoms with Crippen molar-refractivity contribution in [2.24, 2.45) is 0 Å². The summed E-state index contributed by atoms with van der Waals surface area (Å²) in [5, 5.41) is 23.8. The van der Waals surface area contributed by atoms with Crippen molar-refractivity contribution >= 4 is 11.6 Å². The van der Waals surface area contributed by atoms with Gasteiger partial charge in [-0.05, 0) is 30.7 Å². The quantitative estimate of drug-likeness (QED) is 0.548. The molecule has 0 bridgehead atoms. The minimum Gasteiger partial charge on any atom is -0.394 e. The lowest BCUT2D eigenvalue weighted by atomic mass is 10.0. The summed E-state index contributed by atoms with van der Waals surface area (Å²) < 4.78 is 36.6. The number of unbranched alkanes of at least 4 members (excludes halogenated alkanes) is 1. The molecular weight excluding hydrogens is 313 g/mol. The molecule has 0 saturated carbocycles.